The molecule has 0 bridgehead atoms. The molecule has 17 nitrogen and oxygen atoms in total. The van der Waals surface area contributed by atoms with Crippen molar-refractivity contribution in [3.05, 3.63) is 130 Å². The van der Waals surface area contributed by atoms with E-state index >= 15 is 0 Å². The molecular formula is C38H33N7Na2O10S2. The van der Waals surface area contributed by atoms with Crippen LogP contribution in [-0.4, -0.2) is 60.0 Å². The van der Waals surface area contributed by atoms with E-state index in [1.54, 1.807) is 76.1 Å². The van der Waals surface area contributed by atoms with Gasteiger partial charge in [0.2, 0.25) is 0 Å². The van der Waals surface area contributed by atoms with E-state index in [4.69, 9.17) is 9.97 Å². The molecule has 3 heterocycles. The largest absolute Gasteiger partial charge is 1.00 e. The summed E-state index contributed by atoms with van der Waals surface area (Å²) in [7, 11) is -9.89. The number of unbranched alkanes of at least 4 members (excludes halogenated alkanes) is 4. The van der Waals surface area contributed by atoms with E-state index < -0.39 is 20.8 Å². The van der Waals surface area contributed by atoms with Gasteiger partial charge < -0.3 is 17.5 Å². The molecule has 0 radical (unpaired) electrons. The number of rotatable bonds is 16. The Bertz CT molecular complexity index is 2930. The third-order valence-electron chi connectivity index (χ3n) is 9.02. The quantitative estimate of drug-likeness (QED) is 0.0462. The van der Waals surface area contributed by atoms with Gasteiger partial charge in [-0.25, -0.2) is 26.8 Å². The summed E-state index contributed by atoms with van der Waals surface area (Å²) in [6.07, 6.45) is 5.85. The second-order valence-corrected chi connectivity index (χ2v) is 15.0. The molecule has 7 aromatic rings. The number of nitrogens with zero attached hydrogens (tertiary/aromatic N) is 7. The first-order valence-electron chi connectivity index (χ1n) is 17.7. The van der Waals surface area contributed by atoms with Crippen LogP contribution < -0.4 is 78.6 Å². The van der Waals surface area contributed by atoms with Gasteiger partial charge in [0.05, 0.1) is 34.5 Å². The zero-order chi connectivity index (χ0) is 40.2. The smallest absolute Gasteiger partial charge is 0.716 e. The van der Waals surface area contributed by atoms with Crippen molar-refractivity contribution in [3.63, 3.8) is 0 Å². The summed E-state index contributed by atoms with van der Waals surface area (Å²) < 4.78 is 79.7. The third kappa shape index (κ3) is 11.7. The normalized spacial score (nSPS) is 11.6. The summed E-state index contributed by atoms with van der Waals surface area (Å²) in [4.78, 5) is 36.6. The second-order valence-electron chi connectivity index (χ2n) is 13.0. The van der Waals surface area contributed by atoms with Crippen molar-refractivity contribution in [2.24, 2.45) is 0 Å². The molecule has 0 spiro atoms. The molecule has 294 valence electrons. The predicted molar refractivity (Wildman–Crippen MR) is 206 cm³/mol. The SMILES string of the molecule is O=c1c2ccccc2nc(-c2ccc(OS(=O)(=O)[O-])cc2)n1CCCCCCCn1cc(Cn2c(-c3ccc(OS(=O)(=O)[O-])cc3)nc3ccccc3c2=O)nn1.[Na+].[Na+]. The monoisotopic (exact) mass is 857 g/mol. The van der Waals surface area contributed by atoms with E-state index in [-0.39, 0.29) is 88.3 Å². The maximum absolute atomic E-state index is 13.7. The van der Waals surface area contributed by atoms with Gasteiger partial charge in [-0.1, -0.05) is 48.7 Å². The van der Waals surface area contributed by atoms with Crippen LogP contribution in [0.5, 0.6) is 11.5 Å². The Hall–Kier alpha value is -4.28. The van der Waals surface area contributed by atoms with Crippen molar-refractivity contribution in [3.8, 4) is 34.3 Å². The van der Waals surface area contributed by atoms with Gasteiger partial charge in [0.1, 0.15) is 28.8 Å². The number of fused-ring (bicyclic) bond motifs is 2. The third-order valence-corrected chi connectivity index (χ3v) is 9.81. The van der Waals surface area contributed by atoms with Gasteiger partial charge in [0.25, 0.3) is 31.9 Å². The molecule has 0 amide bonds. The van der Waals surface area contributed by atoms with Crippen LogP contribution in [0.4, 0.5) is 0 Å². The van der Waals surface area contributed by atoms with Crippen LogP contribution in [0.1, 0.15) is 37.8 Å². The van der Waals surface area contributed by atoms with Crippen LogP contribution in [0, 0.1) is 0 Å². The molecule has 0 fully saturated rings. The molecule has 0 saturated heterocycles. The van der Waals surface area contributed by atoms with Gasteiger partial charge >= 0.3 is 59.1 Å². The van der Waals surface area contributed by atoms with Gasteiger partial charge in [0.15, 0.2) is 0 Å². The first-order chi connectivity index (χ1) is 27.3. The fraction of sp³-hybridized carbons (Fsp3) is 0.211. The Morgan fingerprint density at radius 2 is 1.00 bits per heavy atom. The van der Waals surface area contributed by atoms with E-state index in [0.29, 0.717) is 69.8 Å². The van der Waals surface area contributed by atoms with Crippen molar-refractivity contribution in [2.75, 3.05) is 0 Å². The molecule has 0 saturated carbocycles. The molecule has 59 heavy (non-hydrogen) atoms. The molecule has 21 heteroatoms. The fourth-order valence-electron chi connectivity index (χ4n) is 6.44. The molecular weight excluding hydrogens is 825 g/mol. The van der Waals surface area contributed by atoms with Crippen LogP contribution in [0.25, 0.3) is 44.6 Å². The van der Waals surface area contributed by atoms with Crippen molar-refractivity contribution in [1.29, 1.82) is 0 Å². The number of para-hydroxylation sites is 2. The summed E-state index contributed by atoms with van der Waals surface area (Å²) in [6, 6.07) is 25.3. The van der Waals surface area contributed by atoms with Gasteiger partial charge in [0, 0.05) is 24.2 Å². The average molecular weight is 858 g/mol. The molecule has 0 aliphatic heterocycles. The first kappa shape index (κ1) is 45.8. The van der Waals surface area contributed by atoms with Crippen molar-refractivity contribution in [2.45, 2.75) is 51.7 Å². The number of aryl methyl sites for hydroxylation is 1. The molecule has 0 unspecified atom stereocenters. The summed E-state index contributed by atoms with van der Waals surface area (Å²) >= 11 is 0. The van der Waals surface area contributed by atoms with Crippen molar-refractivity contribution >= 4 is 42.6 Å². The molecule has 0 aliphatic rings. The summed E-state index contributed by atoms with van der Waals surface area (Å²) in [5.41, 5.74) is 2.06. The Morgan fingerprint density at radius 3 is 1.51 bits per heavy atom. The summed E-state index contributed by atoms with van der Waals surface area (Å²) in [5.74, 6) is 0.398. The molecule has 7 rings (SSSR count). The van der Waals surface area contributed by atoms with Crippen LogP contribution >= 0.6 is 0 Å². The minimum Gasteiger partial charge on any atom is -0.716 e. The Kier molecular flexibility index (Phi) is 15.4. The van der Waals surface area contributed by atoms with E-state index in [0.717, 1.165) is 25.7 Å². The Balaban J connectivity index is 0.00000331. The Morgan fingerprint density at radius 1 is 0.559 bits per heavy atom. The zero-order valence-corrected chi connectivity index (χ0v) is 37.6. The van der Waals surface area contributed by atoms with Crippen LogP contribution in [0.3, 0.4) is 0 Å². The molecule has 0 aliphatic carbocycles. The number of benzene rings is 4. The van der Waals surface area contributed by atoms with Crippen LogP contribution in [0.15, 0.2) is 113 Å². The number of aromatic nitrogens is 7. The van der Waals surface area contributed by atoms with Crippen molar-refractivity contribution in [1.82, 2.24) is 34.1 Å². The van der Waals surface area contributed by atoms with E-state index in [1.165, 1.54) is 41.0 Å². The molecule has 4 aromatic carbocycles. The van der Waals surface area contributed by atoms with Gasteiger partial charge in [-0.3, -0.25) is 23.4 Å². The van der Waals surface area contributed by atoms with E-state index in [9.17, 15) is 35.5 Å². The average Bonchev–Trinajstić information content (AvgIpc) is 3.62. The minimum atomic E-state index is -4.96. The number of hydrogen-bond donors (Lipinski definition) is 0. The van der Waals surface area contributed by atoms with E-state index in [1.807, 2.05) is 0 Å². The van der Waals surface area contributed by atoms with Gasteiger partial charge in [-0.05, 0) is 85.6 Å². The summed E-state index contributed by atoms with van der Waals surface area (Å²) in [5, 5.41) is 9.42. The maximum Gasteiger partial charge on any atom is 1.00 e. The van der Waals surface area contributed by atoms with Crippen LogP contribution in [-0.2, 0) is 40.4 Å². The van der Waals surface area contributed by atoms with Gasteiger partial charge in [-0.15, -0.1) is 5.10 Å². The Labute approximate surface area is 382 Å². The second kappa shape index (κ2) is 19.9. The zero-order valence-electron chi connectivity index (χ0n) is 32.0. The first-order valence-corrected chi connectivity index (χ1v) is 20.4. The topological polar surface area (TPSA) is 233 Å². The standard InChI is InChI=1S/C38H35N7O10S2.2Na/c46-37-31-10-4-6-12-33(31)39-35(26-14-18-29(19-15-26)54-56(48,49)50)44(37)23-9-3-1-2-8-22-43-24-28(41-42-43)25-45-36(40-34-13-7-5-11-32(34)38(45)47)27-16-20-30(21-17-27)55-57(51,52)53;;/h4-7,10-21,24H,1-3,8-9,22-23,25H2,(H,48,49,50)(H,51,52,53);;/q;2*+1/p-2. The fourth-order valence-corrected chi connectivity index (χ4v) is 7.14. The molecule has 0 N–H and O–H groups in total. The minimum absolute atomic E-state index is 0. The summed E-state index contributed by atoms with van der Waals surface area (Å²) in [6.45, 7) is 1.04. The van der Waals surface area contributed by atoms with E-state index in [2.05, 4.69) is 18.7 Å². The van der Waals surface area contributed by atoms with Crippen LogP contribution in [0.2, 0.25) is 0 Å². The van der Waals surface area contributed by atoms with Gasteiger partial charge in [-0.2, -0.15) is 0 Å². The van der Waals surface area contributed by atoms with Crippen molar-refractivity contribution < 1.29 is 93.4 Å². The molecule has 3 aromatic heterocycles. The number of hydrogen-bond acceptors (Lipinski definition) is 14. The molecule has 0 atom stereocenters. The predicted octanol–water partition coefficient (Wildman–Crippen LogP) is -1.58. The maximum atomic E-state index is 13.7.